The molecule has 1 atom stereocenters. The van der Waals surface area contributed by atoms with Gasteiger partial charge in [0.2, 0.25) is 10.0 Å². The molecule has 2 amide bonds. The van der Waals surface area contributed by atoms with E-state index < -0.39 is 24.1 Å². The summed E-state index contributed by atoms with van der Waals surface area (Å²) in [6.45, 7) is 10.7. The lowest BCUT2D eigenvalue weighted by molar-refractivity contribution is 0.0899. The number of amides is 2. The van der Waals surface area contributed by atoms with Crippen molar-refractivity contribution < 1.29 is 17.9 Å². The molecule has 1 aliphatic rings. The standard InChI is InChI=1S/C22H38N6O4SSi/c1-5-13-33(30,31)28-10-7-6-8-18(16-28)24-22(29)26-20-15-23-21-19(25-20)9-11-27(21)17-32-12-14-34(2,3)4/h9,11,15,18H,5-8,10,12-14,16-17H2,1-4H3,(H2,24,25,26,29). The Hall–Kier alpha value is -2.02. The van der Waals surface area contributed by atoms with Crippen LogP contribution in [0, 0.1) is 0 Å². The first-order valence-corrected chi connectivity index (χ1v) is 17.3. The minimum Gasteiger partial charge on any atom is -0.361 e. The first-order chi connectivity index (χ1) is 16.1. The molecule has 3 heterocycles. The lowest BCUT2D eigenvalue weighted by Gasteiger charge is -2.24. The zero-order valence-corrected chi connectivity index (χ0v) is 22.5. The van der Waals surface area contributed by atoms with Crippen molar-refractivity contribution in [3.63, 3.8) is 0 Å². The first-order valence-electron chi connectivity index (χ1n) is 12.0. The predicted molar refractivity (Wildman–Crippen MR) is 137 cm³/mol. The van der Waals surface area contributed by atoms with Gasteiger partial charge in [-0.05, 0) is 31.4 Å². The molecular formula is C22H38N6O4SSi. The van der Waals surface area contributed by atoms with Crippen molar-refractivity contribution in [3.05, 3.63) is 18.5 Å². The lowest BCUT2D eigenvalue weighted by atomic mass is 10.1. The van der Waals surface area contributed by atoms with E-state index in [1.54, 1.807) is 0 Å². The van der Waals surface area contributed by atoms with Crippen LogP contribution in [0.5, 0.6) is 0 Å². The number of carbonyl (C=O) groups excluding carboxylic acids is 1. The highest BCUT2D eigenvalue weighted by Crippen LogP contribution is 2.17. The van der Waals surface area contributed by atoms with E-state index in [-0.39, 0.29) is 11.8 Å². The molecule has 190 valence electrons. The average Bonchev–Trinajstić information content (AvgIpc) is 2.98. The van der Waals surface area contributed by atoms with Gasteiger partial charge < -0.3 is 14.6 Å². The monoisotopic (exact) mass is 510 g/mol. The molecule has 2 aromatic heterocycles. The Balaban J connectivity index is 1.56. The Morgan fingerprint density at radius 3 is 2.82 bits per heavy atom. The van der Waals surface area contributed by atoms with Crippen LogP contribution in [-0.4, -0.2) is 72.9 Å². The molecule has 0 bridgehead atoms. The number of hydrogen-bond acceptors (Lipinski definition) is 6. The van der Waals surface area contributed by atoms with Crippen molar-refractivity contribution >= 4 is 41.1 Å². The van der Waals surface area contributed by atoms with Crippen LogP contribution in [0.1, 0.15) is 32.6 Å². The zero-order valence-electron chi connectivity index (χ0n) is 20.7. The van der Waals surface area contributed by atoms with Crippen molar-refractivity contribution in [2.24, 2.45) is 0 Å². The van der Waals surface area contributed by atoms with Gasteiger partial charge in [-0.3, -0.25) is 5.32 Å². The number of carbonyl (C=O) groups is 1. The molecular weight excluding hydrogens is 472 g/mol. The van der Waals surface area contributed by atoms with Crippen LogP contribution in [0.15, 0.2) is 18.5 Å². The molecule has 3 rings (SSSR count). The van der Waals surface area contributed by atoms with Crippen LogP contribution >= 0.6 is 0 Å². The third kappa shape index (κ3) is 7.75. The SMILES string of the molecule is CCCS(=O)(=O)N1CCCCC(NC(=O)Nc2cnc3c(ccn3COCC[Si](C)(C)C)n2)C1. The highest BCUT2D eigenvalue weighted by atomic mass is 32.2. The molecule has 2 aromatic rings. The van der Waals surface area contributed by atoms with Crippen LogP contribution in [-0.2, 0) is 21.5 Å². The van der Waals surface area contributed by atoms with Gasteiger partial charge in [0.15, 0.2) is 11.5 Å². The third-order valence-electron chi connectivity index (χ3n) is 5.76. The number of nitrogens with zero attached hydrogens (tertiary/aromatic N) is 4. The van der Waals surface area contributed by atoms with Crippen LogP contribution < -0.4 is 10.6 Å². The molecule has 0 aliphatic carbocycles. The molecule has 0 spiro atoms. The molecule has 10 nitrogen and oxygen atoms in total. The van der Waals surface area contributed by atoms with Gasteiger partial charge in [0, 0.05) is 40.0 Å². The van der Waals surface area contributed by atoms with Gasteiger partial charge >= 0.3 is 6.03 Å². The van der Waals surface area contributed by atoms with E-state index in [2.05, 4.69) is 40.2 Å². The Bertz CT molecular complexity index is 1070. The number of nitrogens with one attached hydrogen (secondary N) is 2. The van der Waals surface area contributed by atoms with Crippen LogP contribution in [0.25, 0.3) is 11.2 Å². The molecule has 0 saturated carbocycles. The summed E-state index contributed by atoms with van der Waals surface area (Å²) < 4.78 is 34.2. The second-order valence-electron chi connectivity index (χ2n) is 10.1. The maximum absolute atomic E-state index is 12.6. The molecule has 0 radical (unpaired) electrons. The van der Waals surface area contributed by atoms with Gasteiger partial charge in [-0.15, -0.1) is 0 Å². The Kier molecular flexibility index (Phi) is 9.07. The summed E-state index contributed by atoms with van der Waals surface area (Å²) in [6, 6.07) is 2.28. The van der Waals surface area contributed by atoms with Crippen molar-refractivity contribution in [2.45, 2.75) is 71.1 Å². The predicted octanol–water partition coefficient (Wildman–Crippen LogP) is 3.46. The van der Waals surface area contributed by atoms with Gasteiger partial charge in [-0.2, -0.15) is 4.31 Å². The summed E-state index contributed by atoms with van der Waals surface area (Å²) in [7, 11) is -4.43. The van der Waals surface area contributed by atoms with Crippen LogP contribution in [0.4, 0.5) is 10.6 Å². The Labute approximate surface area is 203 Å². The molecule has 34 heavy (non-hydrogen) atoms. The molecule has 2 N–H and O–H groups in total. The minimum absolute atomic E-state index is 0.129. The molecule has 1 fully saturated rings. The number of rotatable bonds is 10. The number of hydrogen-bond donors (Lipinski definition) is 2. The van der Waals surface area contributed by atoms with E-state index in [4.69, 9.17) is 4.74 Å². The Morgan fingerprint density at radius 2 is 2.09 bits per heavy atom. The maximum atomic E-state index is 12.6. The lowest BCUT2D eigenvalue weighted by Crippen LogP contribution is -2.46. The molecule has 1 unspecified atom stereocenters. The summed E-state index contributed by atoms with van der Waals surface area (Å²) >= 11 is 0. The second kappa shape index (κ2) is 11.6. The number of ether oxygens (including phenoxy) is 1. The molecule has 12 heteroatoms. The summed E-state index contributed by atoms with van der Waals surface area (Å²) in [5.74, 6) is 0.469. The normalized spacial score (nSPS) is 18.1. The number of anilines is 1. The zero-order chi connectivity index (χ0) is 24.8. The molecule has 0 aromatic carbocycles. The largest absolute Gasteiger partial charge is 0.361 e. The summed E-state index contributed by atoms with van der Waals surface area (Å²) in [5, 5.41) is 5.64. The molecule has 1 aliphatic heterocycles. The van der Waals surface area contributed by atoms with Gasteiger partial charge in [-0.25, -0.2) is 23.2 Å². The fourth-order valence-corrected chi connectivity index (χ4v) is 6.21. The number of aromatic nitrogens is 3. The highest BCUT2D eigenvalue weighted by molar-refractivity contribution is 7.89. The smallest absolute Gasteiger partial charge is 0.320 e. The first kappa shape index (κ1) is 26.6. The van der Waals surface area contributed by atoms with Crippen molar-refractivity contribution in [2.75, 3.05) is 30.8 Å². The van der Waals surface area contributed by atoms with E-state index in [9.17, 15) is 13.2 Å². The quantitative estimate of drug-likeness (QED) is 0.373. The van der Waals surface area contributed by atoms with Gasteiger partial charge in [0.1, 0.15) is 12.2 Å². The maximum Gasteiger partial charge on any atom is 0.320 e. The van der Waals surface area contributed by atoms with E-state index in [1.165, 1.54) is 10.5 Å². The van der Waals surface area contributed by atoms with Crippen molar-refractivity contribution in [1.82, 2.24) is 24.2 Å². The summed E-state index contributed by atoms with van der Waals surface area (Å²) in [6.07, 6.45) is 6.36. The van der Waals surface area contributed by atoms with Crippen molar-refractivity contribution in [3.8, 4) is 0 Å². The van der Waals surface area contributed by atoms with E-state index in [0.717, 1.165) is 31.9 Å². The number of urea groups is 1. The Morgan fingerprint density at radius 1 is 1.29 bits per heavy atom. The summed E-state index contributed by atoms with van der Waals surface area (Å²) in [5.41, 5.74) is 1.36. The van der Waals surface area contributed by atoms with Gasteiger partial charge in [0.05, 0.1) is 11.9 Å². The van der Waals surface area contributed by atoms with Crippen molar-refractivity contribution in [1.29, 1.82) is 0 Å². The summed E-state index contributed by atoms with van der Waals surface area (Å²) in [4.78, 5) is 21.5. The number of sulfonamides is 1. The fraction of sp³-hybridized carbons (Fsp3) is 0.682. The van der Waals surface area contributed by atoms with Crippen LogP contribution in [0.3, 0.4) is 0 Å². The third-order valence-corrected chi connectivity index (χ3v) is 9.50. The number of fused-ring (bicyclic) bond motifs is 1. The van der Waals surface area contributed by atoms with E-state index >= 15 is 0 Å². The second-order valence-corrected chi connectivity index (χ2v) is 17.8. The minimum atomic E-state index is -3.29. The topological polar surface area (TPSA) is 118 Å². The van der Waals surface area contributed by atoms with Crippen LogP contribution in [0.2, 0.25) is 25.7 Å². The molecule has 1 saturated heterocycles. The highest BCUT2D eigenvalue weighted by Gasteiger charge is 2.27. The van der Waals surface area contributed by atoms with E-state index in [1.807, 2.05) is 23.8 Å². The van der Waals surface area contributed by atoms with Gasteiger partial charge in [0.25, 0.3) is 0 Å². The average molecular weight is 511 g/mol. The van der Waals surface area contributed by atoms with Gasteiger partial charge in [-0.1, -0.05) is 33.0 Å². The fourth-order valence-electron chi connectivity index (χ4n) is 3.87. The van der Waals surface area contributed by atoms with E-state index in [0.29, 0.717) is 43.2 Å².